The molecule has 1 unspecified atom stereocenters. The third kappa shape index (κ3) is 5.40. The van der Waals surface area contributed by atoms with E-state index >= 15 is 0 Å². The molecule has 0 aliphatic heterocycles. The SMILES string of the molecule is CC(CCc1ccccc1)NC(=O)CCCc1nc2ccccc2s1. The molecule has 1 amide bonds. The van der Waals surface area contributed by atoms with E-state index in [1.165, 1.54) is 10.3 Å². The third-order valence-electron chi connectivity index (χ3n) is 4.25. The standard InChI is InChI=1S/C21H24N2OS/c1-16(14-15-17-8-3-2-4-9-17)22-20(24)12-7-13-21-23-18-10-5-6-11-19(18)25-21/h2-6,8-11,16H,7,12-15H2,1H3,(H,22,24). The van der Waals surface area contributed by atoms with E-state index in [1.54, 1.807) is 11.3 Å². The number of nitrogens with zero attached hydrogens (tertiary/aromatic N) is 1. The zero-order valence-corrected chi connectivity index (χ0v) is 15.4. The van der Waals surface area contributed by atoms with Gasteiger partial charge in [0.15, 0.2) is 0 Å². The first kappa shape index (κ1) is 17.6. The summed E-state index contributed by atoms with van der Waals surface area (Å²) in [7, 11) is 0. The van der Waals surface area contributed by atoms with Crippen LogP contribution in [0.15, 0.2) is 54.6 Å². The molecule has 0 bridgehead atoms. The van der Waals surface area contributed by atoms with E-state index in [0.29, 0.717) is 6.42 Å². The van der Waals surface area contributed by atoms with Crippen molar-refractivity contribution in [2.24, 2.45) is 0 Å². The lowest BCUT2D eigenvalue weighted by atomic mass is 10.1. The lowest BCUT2D eigenvalue weighted by Gasteiger charge is -2.13. The summed E-state index contributed by atoms with van der Waals surface area (Å²) < 4.78 is 1.22. The molecule has 0 aliphatic rings. The van der Waals surface area contributed by atoms with Crippen LogP contribution in [0.4, 0.5) is 0 Å². The maximum atomic E-state index is 12.1. The molecule has 130 valence electrons. The van der Waals surface area contributed by atoms with Crippen LogP contribution in [0.5, 0.6) is 0 Å². The van der Waals surface area contributed by atoms with E-state index < -0.39 is 0 Å². The number of carbonyl (C=O) groups excluding carboxylic acids is 1. The van der Waals surface area contributed by atoms with Crippen molar-refractivity contribution in [3.05, 3.63) is 65.2 Å². The Balaban J connectivity index is 1.37. The molecule has 2 aromatic carbocycles. The molecule has 0 saturated carbocycles. The molecule has 4 heteroatoms. The van der Waals surface area contributed by atoms with Gasteiger partial charge in [0.25, 0.3) is 0 Å². The predicted molar refractivity (Wildman–Crippen MR) is 105 cm³/mol. The summed E-state index contributed by atoms with van der Waals surface area (Å²) in [6.07, 6.45) is 4.23. The summed E-state index contributed by atoms with van der Waals surface area (Å²) >= 11 is 1.73. The van der Waals surface area contributed by atoms with E-state index in [-0.39, 0.29) is 11.9 Å². The normalized spacial score (nSPS) is 12.2. The highest BCUT2D eigenvalue weighted by molar-refractivity contribution is 7.18. The summed E-state index contributed by atoms with van der Waals surface area (Å²) in [5.41, 5.74) is 2.38. The van der Waals surface area contributed by atoms with Crippen LogP contribution in [0.25, 0.3) is 10.2 Å². The molecule has 3 aromatic rings. The van der Waals surface area contributed by atoms with Crippen LogP contribution in [0.3, 0.4) is 0 Å². The van der Waals surface area contributed by atoms with Crippen LogP contribution in [-0.2, 0) is 17.6 Å². The Labute approximate surface area is 153 Å². The van der Waals surface area contributed by atoms with Crippen molar-refractivity contribution in [2.75, 3.05) is 0 Å². The maximum Gasteiger partial charge on any atom is 0.220 e. The third-order valence-corrected chi connectivity index (χ3v) is 5.35. The summed E-state index contributed by atoms with van der Waals surface area (Å²) in [6, 6.07) is 18.8. The van der Waals surface area contributed by atoms with Crippen molar-refractivity contribution in [1.82, 2.24) is 10.3 Å². The fourth-order valence-electron chi connectivity index (χ4n) is 2.87. The van der Waals surface area contributed by atoms with Crippen molar-refractivity contribution >= 4 is 27.5 Å². The van der Waals surface area contributed by atoms with Crippen LogP contribution in [0.1, 0.15) is 36.8 Å². The molecule has 0 spiro atoms. The number of aryl methyl sites for hydroxylation is 2. The Morgan fingerprint density at radius 2 is 1.84 bits per heavy atom. The number of thiazole rings is 1. The predicted octanol–water partition coefficient (Wildman–Crippen LogP) is 4.76. The van der Waals surface area contributed by atoms with E-state index in [4.69, 9.17) is 0 Å². The number of amides is 1. The van der Waals surface area contributed by atoms with Crippen LogP contribution in [0.2, 0.25) is 0 Å². The average Bonchev–Trinajstić information content (AvgIpc) is 3.03. The number of aromatic nitrogens is 1. The summed E-state index contributed by atoms with van der Waals surface area (Å²) in [5.74, 6) is 0.140. The smallest absolute Gasteiger partial charge is 0.220 e. The Hall–Kier alpha value is -2.20. The minimum atomic E-state index is 0.140. The highest BCUT2D eigenvalue weighted by atomic mass is 32.1. The average molecular weight is 353 g/mol. The van der Waals surface area contributed by atoms with Gasteiger partial charge in [0.1, 0.15) is 0 Å². The monoisotopic (exact) mass is 352 g/mol. The first-order valence-corrected chi connectivity index (χ1v) is 9.70. The molecule has 0 fully saturated rings. The molecular formula is C21H24N2OS. The molecule has 1 N–H and O–H groups in total. The molecular weight excluding hydrogens is 328 g/mol. The topological polar surface area (TPSA) is 42.0 Å². The highest BCUT2D eigenvalue weighted by Gasteiger charge is 2.09. The summed E-state index contributed by atoms with van der Waals surface area (Å²) in [4.78, 5) is 16.7. The van der Waals surface area contributed by atoms with E-state index in [2.05, 4.69) is 47.6 Å². The quantitative estimate of drug-likeness (QED) is 0.635. The molecule has 3 nitrogen and oxygen atoms in total. The van der Waals surface area contributed by atoms with Gasteiger partial charge in [-0.1, -0.05) is 42.5 Å². The van der Waals surface area contributed by atoms with Gasteiger partial charge in [-0.25, -0.2) is 4.98 Å². The minimum absolute atomic E-state index is 0.140. The van der Waals surface area contributed by atoms with Gasteiger partial charge >= 0.3 is 0 Å². The van der Waals surface area contributed by atoms with Gasteiger partial charge in [-0.15, -0.1) is 11.3 Å². The number of fused-ring (bicyclic) bond motifs is 1. The van der Waals surface area contributed by atoms with Gasteiger partial charge in [-0.05, 0) is 50.3 Å². The maximum absolute atomic E-state index is 12.1. The number of rotatable bonds is 8. The first-order chi connectivity index (χ1) is 12.2. The van der Waals surface area contributed by atoms with Crippen molar-refractivity contribution in [1.29, 1.82) is 0 Å². The number of nitrogens with one attached hydrogen (secondary N) is 1. The molecule has 0 aliphatic carbocycles. The highest BCUT2D eigenvalue weighted by Crippen LogP contribution is 2.22. The second-order valence-electron chi connectivity index (χ2n) is 6.42. The van der Waals surface area contributed by atoms with Crippen LogP contribution >= 0.6 is 11.3 Å². The number of hydrogen-bond donors (Lipinski definition) is 1. The van der Waals surface area contributed by atoms with Gasteiger partial charge in [0.05, 0.1) is 15.2 Å². The molecule has 1 aromatic heterocycles. The molecule has 0 saturated heterocycles. The van der Waals surface area contributed by atoms with Crippen molar-refractivity contribution in [3.63, 3.8) is 0 Å². The first-order valence-electron chi connectivity index (χ1n) is 8.88. The van der Waals surface area contributed by atoms with E-state index in [1.807, 2.05) is 24.3 Å². The van der Waals surface area contributed by atoms with Gasteiger partial charge in [0.2, 0.25) is 5.91 Å². The number of carbonyl (C=O) groups is 1. The van der Waals surface area contributed by atoms with Crippen LogP contribution in [-0.4, -0.2) is 16.9 Å². The van der Waals surface area contributed by atoms with Crippen LogP contribution in [0, 0.1) is 0 Å². The molecule has 25 heavy (non-hydrogen) atoms. The minimum Gasteiger partial charge on any atom is -0.354 e. The fourth-order valence-corrected chi connectivity index (χ4v) is 3.88. The van der Waals surface area contributed by atoms with Gasteiger partial charge in [-0.2, -0.15) is 0 Å². The van der Waals surface area contributed by atoms with Crippen LogP contribution < -0.4 is 5.32 Å². The van der Waals surface area contributed by atoms with E-state index in [9.17, 15) is 4.79 Å². The van der Waals surface area contributed by atoms with Crippen molar-refractivity contribution < 1.29 is 4.79 Å². The lowest BCUT2D eigenvalue weighted by molar-refractivity contribution is -0.121. The number of benzene rings is 2. The lowest BCUT2D eigenvalue weighted by Crippen LogP contribution is -2.32. The van der Waals surface area contributed by atoms with Gasteiger partial charge < -0.3 is 5.32 Å². The largest absolute Gasteiger partial charge is 0.354 e. The second-order valence-corrected chi connectivity index (χ2v) is 7.54. The Morgan fingerprint density at radius 3 is 2.64 bits per heavy atom. The zero-order chi connectivity index (χ0) is 17.5. The van der Waals surface area contributed by atoms with Crippen molar-refractivity contribution in [3.8, 4) is 0 Å². The molecule has 1 heterocycles. The van der Waals surface area contributed by atoms with Crippen molar-refractivity contribution in [2.45, 2.75) is 45.1 Å². The Kier molecular flexibility index (Phi) is 6.18. The Morgan fingerprint density at radius 1 is 1.08 bits per heavy atom. The zero-order valence-electron chi connectivity index (χ0n) is 14.6. The molecule has 1 atom stereocenters. The Bertz CT molecular complexity index is 780. The second kappa shape index (κ2) is 8.77. The van der Waals surface area contributed by atoms with E-state index in [0.717, 1.165) is 36.2 Å². The molecule has 3 rings (SSSR count). The fraction of sp³-hybridized carbons (Fsp3) is 0.333. The van der Waals surface area contributed by atoms with Gasteiger partial charge in [-0.3, -0.25) is 4.79 Å². The van der Waals surface area contributed by atoms with Gasteiger partial charge in [0, 0.05) is 12.5 Å². The summed E-state index contributed by atoms with van der Waals surface area (Å²) in [5, 5.41) is 4.22. The number of para-hydroxylation sites is 1. The number of hydrogen-bond acceptors (Lipinski definition) is 3. The molecule has 0 radical (unpaired) electrons. The summed E-state index contributed by atoms with van der Waals surface area (Å²) in [6.45, 7) is 2.08.